The summed E-state index contributed by atoms with van der Waals surface area (Å²) in [7, 11) is 0. The summed E-state index contributed by atoms with van der Waals surface area (Å²) in [6, 6.07) is 23.2. The van der Waals surface area contributed by atoms with Crippen molar-refractivity contribution in [1.29, 1.82) is 0 Å². The number of nitrogens with two attached hydrogens (primary N) is 1. The number of H-pyrrole nitrogens is 1. The van der Waals surface area contributed by atoms with E-state index < -0.39 is 0 Å². The van der Waals surface area contributed by atoms with E-state index in [1.165, 1.54) is 6.07 Å². The maximum absolute atomic E-state index is 14.7. The maximum Gasteiger partial charge on any atom is 0.131 e. The Morgan fingerprint density at radius 1 is 0.897 bits per heavy atom. The molecule has 0 fully saturated rings. The topological polar surface area (TPSA) is 66.7 Å². The lowest BCUT2D eigenvalue weighted by Crippen LogP contribution is -2.27. The van der Waals surface area contributed by atoms with Crippen LogP contribution in [0.3, 0.4) is 0 Å². The summed E-state index contributed by atoms with van der Waals surface area (Å²) in [5.41, 5.74) is 11.3. The zero-order valence-corrected chi connectivity index (χ0v) is 16.0. The third-order valence-corrected chi connectivity index (χ3v) is 4.97. The van der Waals surface area contributed by atoms with Crippen molar-refractivity contribution in [3.05, 3.63) is 102 Å². The zero-order valence-electron chi connectivity index (χ0n) is 16.0. The van der Waals surface area contributed by atoms with Gasteiger partial charge in [0.2, 0.25) is 0 Å². The van der Waals surface area contributed by atoms with Gasteiger partial charge in [0.1, 0.15) is 5.82 Å². The largest absolute Gasteiger partial charge is 0.329 e. The summed E-state index contributed by atoms with van der Waals surface area (Å²) in [4.78, 5) is 0. The molecule has 3 aromatic carbocycles. The Morgan fingerprint density at radius 2 is 1.62 bits per heavy atom. The second-order valence-electron chi connectivity index (χ2n) is 6.89. The normalized spacial score (nSPS) is 12.1. The quantitative estimate of drug-likeness (QED) is 0.437. The molecule has 0 radical (unpaired) electrons. The van der Waals surface area contributed by atoms with Crippen molar-refractivity contribution in [2.75, 3.05) is 13.1 Å². The van der Waals surface area contributed by atoms with Gasteiger partial charge >= 0.3 is 0 Å². The molecule has 0 bridgehead atoms. The molecule has 0 amide bonds. The van der Waals surface area contributed by atoms with Crippen LogP contribution in [0.25, 0.3) is 22.3 Å². The molecule has 4 N–H and O–H groups in total. The summed E-state index contributed by atoms with van der Waals surface area (Å²) in [6.45, 7) is 1.16. The lowest BCUT2D eigenvalue weighted by Gasteiger charge is -2.19. The van der Waals surface area contributed by atoms with Crippen LogP contribution < -0.4 is 11.1 Å². The molecule has 1 unspecified atom stereocenters. The van der Waals surface area contributed by atoms with Crippen molar-refractivity contribution in [2.24, 2.45) is 5.73 Å². The first-order chi connectivity index (χ1) is 14.3. The van der Waals surface area contributed by atoms with E-state index in [1.807, 2.05) is 54.7 Å². The number of aromatic amines is 1. The van der Waals surface area contributed by atoms with Gasteiger partial charge in [-0.2, -0.15) is 5.10 Å². The highest BCUT2D eigenvalue weighted by Gasteiger charge is 2.17. The van der Waals surface area contributed by atoms with Crippen LogP contribution in [0.4, 0.5) is 4.39 Å². The van der Waals surface area contributed by atoms with E-state index >= 15 is 0 Å². The second kappa shape index (κ2) is 8.82. The minimum Gasteiger partial charge on any atom is -0.329 e. The van der Waals surface area contributed by atoms with E-state index in [4.69, 9.17) is 5.73 Å². The molecule has 1 aromatic heterocycles. The highest BCUT2D eigenvalue weighted by molar-refractivity contribution is 5.71. The van der Waals surface area contributed by atoms with Crippen LogP contribution in [-0.2, 0) is 0 Å². The van der Waals surface area contributed by atoms with Gasteiger partial charge < -0.3 is 11.1 Å². The number of rotatable bonds is 7. The minimum absolute atomic E-state index is 0.111. The van der Waals surface area contributed by atoms with Crippen LogP contribution in [0, 0.1) is 5.82 Å². The fraction of sp³-hybridized carbons (Fsp3) is 0.125. The number of benzene rings is 3. The van der Waals surface area contributed by atoms with Gasteiger partial charge in [0.15, 0.2) is 0 Å². The summed E-state index contributed by atoms with van der Waals surface area (Å²) in [5.74, 6) is -0.244. The highest BCUT2D eigenvalue weighted by Crippen LogP contribution is 2.30. The molecule has 29 heavy (non-hydrogen) atoms. The van der Waals surface area contributed by atoms with Gasteiger partial charge in [-0.15, -0.1) is 0 Å². The van der Waals surface area contributed by atoms with E-state index in [9.17, 15) is 4.39 Å². The highest BCUT2D eigenvalue weighted by atomic mass is 19.1. The average Bonchev–Trinajstić information content (AvgIpc) is 3.30. The number of nitrogens with zero attached hydrogens (tertiary/aromatic N) is 1. The Balaban J connectivity index is 1.67. The first-order valence-electron chi connectivity index (χ1n) is 9.63. The first kappa shape index (κ1) is 19.1. The van der Waals surface area contributed by atoms with Crippen LogP contribution in [0.2, 0.25) is 0 Å². The Labute approximate surface area is 169 Å². The maximum atomic E-state index is 14.7. The molecule has 1 atom stereocenters. The molecule has 4 nitrogen and oxygen atoms in total. The Bertz CT molecular complexity index is 1040. The second-order valence-corrected chi connectivity index (χ2v) is 6.89. The Kier molecular flexibility index (Phi) is 5.79. The average molecular weight is 386 g/mol. The van der Waals surface area contributed by atoms with Crippen molar-refractivity contribution in [3.63, 3.8) is 0 Å². The van der Waals surface area contributed by atoms with Gasteiger partial charge in [-0.3, -0.25) is 5.10 Å². The Hall–Kier alpha value is -3.28. The third kappa shape index (κ3) is 4.26. The lowest BCUT2D eigenvalue weighted by molar-refractivity contribution is 0.605. The lowest BCUT2D eigenvalue weighted by atomic mass is 9.95. The number of aromatic nitrogens is 2. The number of hydrogen-bond acceptors (Lipinski definition) is 3. The number of hydrogen-bond donors (Lipinski definition) is 3. The van der Waals surface area contributed by atoms with Gasteiger partial charge in [-0.1, -0.05) is 60.7 Å². The molecule has 0 saturated heterocycles. The van der Waals surface area contributed by atoms with Gasteiger partial charge in [0.05, 0.1) is 12.2 Å². The van der Waals surface area contributed by atoms with E-state index in [-0.39, 0.29) is 11.9 Å². The van der Waals surface area contributed by atoms with Crippen LogP contribution in [0.1, 0.15) is 17.2 Å². The molecule has 0 aliphatic rings. The van der Waals surface area contributed by atoms with Gasteiger partial charge in [0, 0.05) is 30.4 Å². The molecule has 4 rings (SSSR count). The van der Waals surface area contributed by atoms with Crippen LogP contribution in [0.5, 0.6) is 0 Å². The molecular formula is C24H23FN4. The van der Waals surface area contributed by atoms with Crippen molar-refractivity contribution in [2.45, 2.75) is 6.04 Å². The van der Waals surface area contributed by atoms with Gasteiger partial charge in [0.25, 0.3) is 0 Å². The third-order valence-electron chi connectivity index (χ3n) is 4.97. The monoisotopic (exact) mass is 386 g/mol. The molecule has 0 saturated carbocycles. The molecule has 5 heteroatoms. The summed E-state index contributed by atoms with van der Waals surface area (Å²) >= 11 is 0. The van der Waals surface area contributed by atoms with Crippen LogP contribution in [-0.4, -0.2) is 23.3 Å². The zero-order chi connectivity index (χ0) is 20.1. The first-order valence-corrected chi connectivity index (χ1v) is 9.63. The van der Waals surface area contributed by atoms with E-state index in [1.54, 1.807) is 12.3 Å². The Morgan fingerprint density at radius 3 is 2.31 bits per heavy atom. The van der Waals surface area contributed by atoms with Crippen molar-refractivity contribution >= 4 is 0 Å². The van der Waals surface area contributed by atoms with Crippen molar-refractivity contribution in [1.82, 2.24) is 15.5 Å². The molecule has 0 spiro atoms. The predicted octanol–water partition coefficient (Wildman–Crippen LogP) is 4.52. The van der Waals surface area contributed by atoms with Crippen LogP contribution in [0.15, 0.2) is 85.2 Å². The predicted molar refractivity (Wildman–Crippen MR) is 115 cm³/mol. The number of halogens is 1. The van der Waals surface area contributed by atoms with Crippen molar-refractivity contribution < 1.29 is 4.39 Å². The fourth-order valence-corrected chi connectivity index (χ4v) is 3.49. The van der Waals surface area contributed by atoms with E-state index in [0.717, 1.165) is 27.8 Å². The SMILES string of the molecule is NCCNC(c1cn[nH]c1)c1ccc(F)c(-c2ccc(-c3ccccc3)cc2)c1. The van der Waals surface area contributed by atoms with Crippen LogP contribution >= 0.6 is 0 Å². The van der Waals surface area contributed by atoms with Gasteiger partial charge in [-0.05, 0) is 34.4 Å². The van der Waals surface area contributed by atoms with Crippen molar-refractivity contribution in [3.8, 4) is 22.3 Å². The summed E-state index contributed by atoms with van der Waals surface area (Å²) in [5, 5.41) is 10.3. The number of nitrogens with one attached hydrogen (secondary N) is 2. The standard InChI is InChI=1S/C24H23FN4/c25-23-11-10-20(24(27-13-12-26)21-15-28-29-16-21)14-22(23)19-8-6-18(7-9-19)17-4-2-1-3-5-17/h1-11,14-16,24,27H,12-13,26H2,(H,28,29). The summed E-state index contributed by atoms with van der Waals surface area (Å²) < 4.78 is 14.7. The fourth-order valence-electron chi connectivity index (χ4n) is 3.49. The molecular weight excluding hydrogens is 363 g/mol. The van der Waals surface area contributed by atoms with E-state index in [2.05, 4.69) is 27.6 Å². The minimum atomic E-state index is -0.244. The summed E-state index contributed by atoms with van der Waals surface area (Å²) in [6.07, 6.45) is 3.61. The molecule has 146 valence electrons. The molecule has 0 aliphatic carbocycles. The van der Waals surface area contributed by atoms with E-state index in [0.29, 0.717) is 18.7 Å². The molecule has 0 aliphatic heterocycles. The molecule has 4 aromatic rings. The molecule has 1 heterocycles. The van der Waals surface area contributed by atoms with Gasteiger partial charge in [-0.25, -0.2) is 4.39 Å². The smallest absolute Gasteiger partial charge is 0.131 e.